The number of hydrogen-bond acceptors (Lipinski definition) is 3. The second kappa shape index (κ2) is 3.77. The Morgan fingerprint density at radius 3 is 2.53 bits per heavy atom. The molecule has 15 heavy (non-hydrogen) atoms. The van der Waals surface area contributed by atoms with Crippen molar-refractivity contribution in [3.05, 3.63) is 29.3 Å². The zero-order chi connectivity index (χ0) is 10.8. The molecule has 0 bridgehead atoms. The summed E-state index contributed by atoms with van der Waals surface area (Å²) in [5, 5.41) is 18.4. The van der Waals surface area contributed by atoms with Crippen LogP contribution in [-0.2, 0) is 4.79 Å². The SMILES string of the molecule is O=C1CCC/C1=C/c1ccc(O)c(O)c1. The van der Waals surface area contributed by atoms with Gasteiger partial charge >= 0.3 is 0 Å². The standard InChI is InChI=1S/C12H12O3/c13-10-3-1-2-9(10)6-8-4-5-11(14)12(15)7-8/h4-7,14-15H,1-3H2/b9-6-. The summed E-state index contributed by atoms with van der Waals surface area (Å²) in [6.07, 6.45) is 4.11. The fourth-order valence-corrected chi connectivity index (χ4v) is 1.72. The molecule has 1 fully saturated rings. The number of aromatic hydroxyl groups is 2. The number of carbonyl (C=O) groups is 1. The molecule has 3 heteroatoms. The third-order valence-electron chi connectivity index (χ3n) is 2.55. The number of hydrogen-bond donors (Lipinski definition) is 2. The monoisotopic (exact) mass is 204 g/mol. The number of Topliss-reactive ketones (excluding diaryl/α,β-unsaturated/α-hetero) is 1. The van der Waals surface area contributed by atoms with Gasteiger partial charge in [0.2, 0.25) is 0 Å². The maximum atomic E-state index is 11.4. The first-order valence-corrected chi connectivity index (χ1v) is 4.92. The number of phenolic OH excluding ortho intramolecular Hbond substituents is 2. The van der Waals surface area contributed by atoms with Crippen LogP contribution in [0.5, 0.6) is 11.5 Å². The van der Waals surface area contributed by atoms with Crippen molar-refractivity contribution in [3.8, 4) is 11.5 Å². The highest BCUT2D eigenvalue weighted by atomic mass is 16.3. The largest absolute Gasteiger partial charge is 0.504 e. The van der Waals surface area contributed by atoms with Crippen molar-refractivity contribution in [1.29, 1.82) is 0 Å². The van der Waals surface area contributed by atoms with Crippen LogP contribution in [0.25, 0.3) is 6.08 Å². The van der Waals surface area contributed by atoms with E-state index >= 15 is 0 Å². The molecule has 78 valence electrons. The number of benzene rings is 1. The molecule has 0 unspecified atom stereocenters. The molecule has 2 rings (SSSR count). The molecule has 0 aromatic heterocycles. The molecule has 0 aliphatic heterocycles. The summed E-state index contributed by atoms with van der Waals surface area (Å²) < 4.78 is 0. The van der Waals surface area contributed by atoms with E-state index in [1.54, 1.807) is 12.1 Å². The summed E-state index contributed by atoms with van der Waals surface area (Å²) in [5.41, 5.74) is 1.55. The first kappa shape index (κ1) is 9.77. The molecule has 3 nitrogen and oxygen atoms in total. The molecule has 0 spiro atoms. The van der Waals surface area contributed by atoms with Gasteiger partial charge in [-0.05, 0) is 42.2 Å². The molecule has 1 aliphatic carbocycles. The summed E-state index contributed by atoms with van der Waals surface area (Å²) in [5.74, 6) is -0.118. The van der Waals surface area contributed by atoms with Gasteiger partial charge < -0.3 is 10.2 Å². The Bertz CT molecular complexity index is 432. The predicted octanol–water partition coefficient (Wildman–Crippen LogP) is 2.23. The number of phenols is 2. The molecule has 1 aromatic rings. The lowest BCUT2D eigenvalue weighted by Crippen LogP contribution is -1.90. The van der Waals surface area contributed by atoms with Crippen LogP contribution in [0.4, 0.5) is 0 Å². The van der Waals surface area contributed by atoms with E-state index in [4.69, 9.17) is 5.11 Å². The van der Waals surface area contributed by atoms with Crippen molar-refractivity contribution in [2.45, 2.75) is 19.3 Å². The van der Waals surface area contributed by atoms with Crippen molar-refractivity contribution >= 4 is 11.9 Å². The first-order chi connectivity index (χ1) is 7.16. The van der Waals surface area contributed by atoms with E-state index in [2.05, 4.69) is 0 Å². The van der Waals surface area contributed by atoms with Crippen molar-refractivity contribution < 1.29 is 15.0 Å². The lowest BCUT2D eigenvalue weighted by molar-refractivity contribution is -0.114. The van der Waals surface area contributed by atoms with Crippen molar-refractivity contribution in [2.24, 2.45) is 0 Å². The minimum Gasteiger partial charge on any atom is -0.504 e. The molecule has 1 aromatic carbocycles. The topological polar surface area (TPSA) is 57.5 Å². The van der Waals surface area contributed by atoms with Gasteiger partial charge in [-0.2, -0.15) is 0 Å². The number of ketones is 1. The van der Waals surface area contributed by atoms with Gasteiger partial charge in [-0.1, -0.05) is 6.07 Å². The number of carbonyl (C=O) groups excluding carboxylic acids is 1. The lowest BCUT2D eigenvalue weighted by Gasteiger charge is -2.00. The average Bonchev–Trinajstić information content (AvgIpc) is 2.59. The minimum atomic E-state index is -0.158. The van der Waals surface area contributed by atoms with Crippen LogP contribution in [0.15, 0.2) is 23.8 Å². The third kappa shape index (κ3) is 2.01. The van der Waals surface area contributed by atoms with E-state index < -0.39 is 0 Å². The van der Waals surface area contributed by atoms with Crippen molar-refractivity contribution in [1.82, 2.24) is 0 Å². The highest BCUT2D eigenvalue weighted by molar-refractivity contribution is 6.01. The van der Waals surface area contributed by atoms with E-state index in [1.807, 2.05) is 0 Å². The molecule has 0 atom stereocenters. The van der Waals surface area contributed by atoms with E-state index in [-0.39, 0.29) is 17.3 Å². The third-order valence-corrected chi connectivity index (χ3v) is 2.55. The Morgan fingerprint density at radius 2 is 1.93 bits per heavy atom. The van der Waals surface area contributed by atoms with Crippen LogP contribution in [-0.4, -0.2) is 16.0 Å². The van der Waals surface area contributed by atoms with Gasteiger partial charge in [0, 0.05) is 6.42 Å². The second-order valence-corrected chi connectivity index (χ2v) is 3.69. The molecule has 1 aliphatic rings. The van der Waals surface area contributed by atoms with Crippen molar-refractivity contribution in [3.63, 3.8) is 0 Å². The Kier molecular flexibility index (Phi) is 2.46. The van der Waals surface area contributed by atoms with Crippen LogP contribution < -0.4 is 0 Å². The van der Waals surface area contributed by atoms with Gasteiger partial charge in [-0.25, -0.2) is 0 Å². The van der Waals surface area contributed by atoms with Crippen molar-refractivity contribution in [2.75, 3.05) is 0 Å². The minimum absolute atomic E-state index is 0.144. The zero-order valence-corrected chi connectivity index (χ0v) is 8.23. The van der Waals surface area contributed by atoms with Crippen LogP contribution in [0.2, 0.25) is 0 Å². The average molecular weight is 204 g/mol. The molecule has 0 saturated heterocycles. The summed E-state index contributed by atoms with van der Waals surface area (Å²) >= 11 is 0. The summed E-state index contributed by atoms with van der Waals surface area (Å²) in [7, 11) is 0. The molecule has 0 heterocycles. The van der Waals surface area contributed by atoms with Crippen LogP contribution in [0.3, 0.4) is 0 Å². The number of rotatable bonds is 1. The van der Waals surface area contributed by atoms with Crippen LogP contribution in [0, 0.1) is 0 Å². The zero-order valence-electron chi connectivity index (χ0n) is 8.23. The normalized spacial score (nSPS) is 18.7. The smallest absolute Gasteiger partial charge is 0.158 e. The van der Waals surface area contributed by atoms with Gasteiger partial charge in [-0.15, -0.1) is 0 Å². The fourth-order valence-electron chi connectivity index (χ4n) is 1.72. The van der Waals surface area contributed by atoms with E-state index in [0.29, 0.717) is 6.42 Å². The Balaban J connectivity index is 2.31. The quantitative estimate of drug-likeness (QED) is 0.544. The Labute approximate surface area is 87.7 Å². The molecular weight excluding hydrogens is 192 g/mol. The molecule has 1 saturated carbocycles. The lowest BCUT2D eigenvalue weighted by atomic mass is 10.1. The van der Waals surface area contributed by atoms with Gasteiger partial charge in [0.25, 0.3) is 0 Å². The molecular formula is C12H12O3. The summed E-state index contributed by atoms with van der Waals surface area (Å²) in [6.45, 7) is 0. The second-order valence-electron chi connectivity index (χ2n) is 3.69. The maximum absolute atomic E-state index is 11.4. The molecule has 0 radical (unpaired) electrons. The summed E-state index contributed by atoms with van der Waals surface area (Å²) in [4.78, 5) is 11.4. The van der Waals surface area contributed by atoms with Crippen LogP contribution >= 0.6 is 0 Å². The molecule has 2 N–H and O–H groups in total. The number of allylic oxidation sites excluding steroid dienone is 1. The first-order valence-electron chi connectivity index (χ1n) is 4.92. The Hall–Kier alpha value is -1.77. The maximum Gasteiger partial charge on any atom is 0.158 e. The van der Waals surface area contributed by atoms with Crippen LogP contribution in [0.1, 0.15) is 24.8 Å². The van der Waals surface area contributed by atoms with Gasteiger partial charge in [0.1, 0.15) is 0 Å². The van der Waals surface area contributed by atoms with Gasteiger partial charge in [0.15, 0.2) is 17.3 Å². The van der Waals surface area contributed by atoms with Gasteiger partial charge in [-0.3, -0.25) is 4.79 Å². The fraction of sp³-hybridized carbons (Fsp3) is 0.250. The highest BCUT2D eigenvalue weighted by Crippen LogP contribution is 2.28. The van der Waals surface area contributed by atoms with E-state index in [0.717, 1.165) is 24.0 Å². The van der Waals surface area contributed by atoms with E-state index in [9.17, 15) is 9.90 Å². The Morgan fingerprint density at radius 1 is 1.13 bits per heavy atom. The predicted molar refractivity (Wildman–Crippen MR) is 56.6 cm³/mol. The highest BCUT2D eigenvalue weighted by Gasteiger charge is 2.16. The molecule has 0 amide bonds. The summed E-state index contributed by atoms with van der Waals surface area (Å²) in [6, 6.07) is 4.54. The van der Waals surface area contributed by atoms with Gasteiger partial charge in [0.05, 0.1) is 0 Å². The van der Waals surface area contributed by atoms with E-state index in [1.165, 1.54) is 12.1 Å².